The summed E-state index contributed by atoms with van der Waals surface area (Å²) in [4.78, 5) is 20.7. The number of nitrogens with zero attached hydrogens (tertiary/aromatic N) is 6. The largest absolute Gasteiger partial charge is 0.416 e. The molecule has 5 aromatic rings. The Bertz CT molecular complexity index is 1740. The van der Waals surface area contributed by atoms with Crippen LogP contribution in [0.15, 0.2) is 83.7 Å². The van der Waals surface area contributed by atoms with Crippen LogP contribution in [0.5, 0.6) is 0 Å². The van der Waals surface area contributed by atoms with Crippen LogP contribution in [0.3, 0.4) is 0 Å². The lowest BCUT2D eigenvalue weighted by atomic mass is 10.0. The fourth-order valence-corrected chi connectivity index (χ4v) is 5.67. The van der Waals surface area contributed by atoms with Crippen molar-refractivity contribution in [2.75, 3.05) is 31.1 Å². The van der Waals surface area contributed by atoms with Gasteiger partial charge in [-0.3, -0.25) is 9.69 Å². The maximum Gasteiger partial charge on any atom is 0.416 e. The molecule has 0 unspecified atom stereocenters. The first-order valence-electron chi connectivity index (χ1n) is 13.9. The number of nitrogens with one attached hydrogen (secondary N) is 1. The molecule has 1 fully saturated rings. The zero-order chi connectivity index (χ0) is 29.3. The van der Waals surface area contributed by atoms with Gasteiger partial charge in [-0.25, -0.2) is 4.68 Å². The van der Waals surface area contributed by atoms with Gasteiger partial charge >= 0.3 is 6.18 Å². The van der Waals surface area contributed by atoms with Crippen LogP contribution in [0, 0.1) is 6.92 Å². The molecule has 3 heterocycles. The lowest BCUT2D eigenvalue weighted by molar-refractivity contribution is -0.137. The molecule has 0 radical (unpaired) electrons. The van der Waals surface area contributed by atoms with Crippen LogP contribution in [-0.4, -0.2) is 56.3 Å². The minimum Gasteiger partial charge on any atom is -0.369 e. The van der Waals surface area contributed by atoms with E-state index in [1.165, 1.54) is 12.1 Å². The lowest BCUT2D eigenvalue weighted by Gasteiger charge is -2.39. The SMILES string of the molecule is Cc1cccc2cc([C@@H](c3nnnn3CCc3ccccc3)N3CCN(c4cccc(C(F)(F)F)c4)CC3)c(=O)[nH]c12. The number of pyridine rings is 1. The third-order valence-electron chi connectivity index (χ3n) is 7.89. The Labute approximate surface area is 240 Å². The van der Waals surface area contributed by atoms with E-state index >= 15 is 0 Å². The molecule has 0 spiro atoms. The summed E-state index contributed by atoms with van der Waals surface area (Å²) in [5.41, 5.74) is 3.04. The zero-order valence-corrected chi connectivity index (χ0v) is 23.1. The highest BCUT2D eigenvalue weighted by molar-refractivity contribution is 5.82. The Morgan fingerprint density at radius 1 is 0.929 bits per heavy atom. The van der Waals surface area contributed by atoms with Crippen molar-refractivity contribution < 1.29 is 13.2 Å². The molecule has 3 aromatic carbocycles. The molecule has 1 atom stereocenters. The maximum absolute atomic E-state index is 13.6. The molecular formula is C31H30F3N7O. The molecule has 1 saturated heterocycles. The van der Waals surface area contributed by atoms with Crippen LogP contribution in [0.1, 0.15) is 34.1 Å². The highest BCUT2D eigenvalue weighted by Gasteiger charge is 2.34. The molecule has 216 valence electrons. The lowest BCUT2D eigenvalue weighted by Crippen LogP contribution is -2.49. The molecule has 1 aliphatic heterocycles. The summed E-state index contributed by atoms with van der Waals surface area (Å²) in [6.07, 6.45) is -3.70. The van der Waals surface area contributed by atoms with Crippen LogP contribution in [0.25, 0.3) is 10.9 Å². The van der Waals surface area contributed by atoms with Gasteiger partial charge in [0, 0.05) is 44.0 Å². The molecule has 0 saturated carbocycles. The Morgan fingerprint density at radius 3 is 2.45 bits per heavy atom. The first kappa shape index (κ1) is 27.6. The van der Waals surface area contributed by atoms with Gasteiger partial charge in [-0.05, 0) is 64.5 Å². The highest BCUT2D eigenvalue weighted by atomic mass is 19.4. The first-order chi connectivity index (χ1) is 20.3. The number of aromatic nitrogens is 5. The molecule has 0 aliphatic carbocycles. The van der Waals surface area contributed by atoms with E-state index < -0.39 is 17.8 Å². The fraction of sp³-hybridized carbons (Fsp3) is 0.290. The third kappa shape index (κ3) is 5.64. The Morgan fingerprint density at radius 2 is 1.69 bits per heavy atom. The number of hydrogen-bond donors (Lipinski definition) is 1. The van der Waals surface area contributed by atoms with E-state index in [4.69, 9.17) is 0 Å². The molecule has 42 heavy (non-hydrogen) atoms. The summed E-state index contributed by atoms with van der Waals surface area (Å²) in [5.74, 6) is 0.552. The van der Waals surface area contributed by atoms with Crippen LogP contribution in [0.4, 0.5) is 18.9 Å². The average Bonchev–Trinajstić information content (AvgIpc) is 3.46. The number of rotatable bonds is 7. The van der Waals surface area contributed by atoms with Crippen LogP contribution >= 0.6 is 0 Å². The number of halogens is 3. The number of alkyl halides is 3. The molecule has 11 heteroatoms. The second-order valence-corrected chi connectivity index (χ2v) is 10.6. The van der Waals surface area contributed by atoms with Crippen LogP contribution < -0.4 is 10.5 Å². The Balaban J connectivity index is 1.33. The van der Waals surface area contributed by atoms with Gasteiger partial charge in [0.25, 0.3) is 5.56 Å². The smallest absolute Gasteiger partial charge is 0.369 e. The van der Waals surface area contributed by atoms with E-state index in [0.717, 1.165) is 28.1 Å². The second-order valence-electron chi connectivity index (χ2n) is 10.6. The monoisotopic (exact) mass is 573 g/mol. The van der Waals surface area contributed by atoms with Crippen molar-refractivity contribution in [2.45, 2.75) is 32.1 Å². The molecule has 0 amide bonds. The Hall–Kier alpha value is -4.51. The fourth-order valence-electron chi connectivity index (χ4n) is 5.67. The number of anilines is 1. The van der Waals surface area contributed by atoms with Crippen molar-refractivity contribution in [3.05, 3.63) is 117 Å². The third-order valence-corrected chi connectivity index (χ3v) is 7.89. The van der Waals surface area contributed by atoms with Gasteiger partial charge in [-0.1, -0.05) is 54.6 Å². The molecule has 1 aliphatic rings. The number of hydrogen-bond acceptors (Lipinski definition) is 6. The van der Waals surface area contributed by atoms with Gasteiger partial charge in [0.15, 0.2) is 5.82 Å². The summed E-state index contributed by atoms with van der Waals surface area (Å²) in [6, 6.07) is 22.7. The maximum atomic E-state index is 13.6. The van der Waals surface area contributed by atoms with Crippen molar-refractivity contribution in [1.82, 2.24) is 30.1 Å². The van der Waals surface area contributed by atoms with Crippen LogP contribution in [0.2, 0.25) is 0 Å². The zero-order valence-electron chi connectivity index (χ0n) is 23.1. The standard InChI is InChI=1S/C31H30F3N7O/c1-21-7-5-10-23-19-26(30(42)35-27(21)23)28(29-36-37-38-41(29)14-13-22-8-3-2-4-9-22)40-17-15-39(16-18-40)25-12-6-11-24(20-25)31(32,33)34/h2-12,19-20,28H,13-18H2,1H3,(H,35,42)/t28-/m0/s1. The summed E-state index contributed by atoms with van der Waals surface area (Å²) in [6.45, 7) is 4.43. The van der Waals surface area contributed by atoms with Gasteiger partial charge in [0.2, 0.25) is 0 Å². The molecule has 6 rings (SSSR count). The van der Waals surface area contributed by atoms with E-state index in [2.05, 4.69) is 25.4 Å². The summed E-state index contributed by atoms with van der Waals surface area (Å²) < 4.78 is 41.8. The van der Waals surface area contributed by atoms with Gasteiger partial charge in [0.05, 0.1) is 11.1 Å². The minimum absolute atomic E-state index is 0.222. The quantitative estimate of drug-likeness (QED) is 0.295. The predicted molar refractivity (Wildman–Crippen MR) is 154 cm³/mol. The number of piperazine rings is 1. The van der Waals surface area contributed by atoms with Crippen molar-refractivity contribution in [3.63, 3.8) is 0 Å². The van der Waals surface area contributed by atoms with Crippen LogP contribution in [-0.2, 0) is 19.1 Å². The molecule has 8 nitrogen and oxygen atoms in total. The summed E-state index contributed by atoms with van der Waals surface area (Å²) in [7, 11) is 0. The van der Waals surface area contributed by atoms with E-state index in [9.17, 15) is 18.0 Å². The van der Waals surface area contributed by atoms with E-state index in [1.54, 1.807) is 10.7 Å². The summed E-state index contributed by atoms with van der Waals surface area (Å²) in [5, 5.41) is 13.6. The van der Waals surface area contributed by atoms with E-state index in [1.807, 2.05) is 66.4 Å². The topological polar surface area (TPSA) is 82.9 Å². The van der Waals surface area contributed by atoms with Gasteiger partial charge in [-0.2, -0.15) is 13.2 Å². The number of para-hydroxylation sites is 1. The van der Waals surface area contributed by atoms with Gasteiger partial charge in [-0.15, -0.1) is 5.10 Å². The number of tetrazole rings is 1. The second kappa shape index (κ2) is 11.4. The number of benzene rings is 3. The molecular weight excluding hydrogens is 543 g/mol. The van der Waals surface area contributed by atoms with Gasteiger partial charge < -0.3 is 9.88 Å². The number of fused-ring (bicyclic) bond motifs is 1. The number of H-pyrrole nitrogens is 1. The Kier molecular flexibility index (Phi) is 7.51. The normalized spacial score (nSPS) is 15.3. The van der Waals surface area contributed by atoms with Gasteiger partial charge in [0.1, 0.15) is 6.04 Å². The molecule has 1 N–H and O–H groups in total. The highest BCUT2D eigenvalue weighted by Crippen LogP contribution is 2.33. The predicted octanol–water partition coefficient (Wildman–Crippen LogP) is 5.00. The van der Waals surface area contributed by atoms with E-state index in [-0.39, 0.29) is 5.56 Å². The van der Waals surface area contributed by atoms with Crippen molar-refractivity contribution >= 4 is 16.6 Å². The van der Waals surface area contributed by atoms with Crippen molar-refractivity contribution in [3.8, 4) is 0 Å². The summed E-state index contributed by atoms with van der Waals surface area (Å²) >= 11 is 0. The minimum atomic E-state index is -4.41. The molecule has 2 aromatic heterocycles. The average molecular weight is 574 g/mol. The number of aryl methyl sites for hydroxylation is 3. The van der Waals surface area contributed by atoms with Crippen molar-refractivity contribution in [1.29, 1.82) is 0 Å². The number of aromatic amines is 1. The van der Waals surface area contributed by atoms with Crippen molar-refractivity contribution in [2.24, 2.45) is 0 Å². The van der Waals surface area contributed by atoms with E-state index in [0.29, 0.717) is 56.2 Å². The first-order valence-corrected chi connectivity index (χ1v) is 13.9. The molecule has 0 bridgehead atoms.